The number of carbonyl (C=O) groups excluding carboxylic acids is 2. The highest BCUT2D eigenvalue weighted by molar-refractivity contribution is 7.91. The lowest BCUT2D eigenvalue weighted by Crippen LogP contribution is -2.40. The van der Waals surface area contributed by atoms with Crippen molar-refractivity contribution >= 4 is 21.8 Å². The molecule has 158 valence electrons. The van der Waals surface area contributed by atoms with Crippen molar-refractivity contribution in [1.82, 2.24) is 0 Å². The molecule has 0 amide bonds. The van der Waals surface area contributed by atoms with Crippen LogP contribution in [0, 0.1) is 17.3 Å². The lowest BCUT2D eigenvalue weighted by atomic mass is 9.79. The minimum Gasteiger partial charge on any atom is -0.468 e. The second-order valence-electron chi connectivity index (χ2n) is 7.78. The average molecular weight is 423 g/mol. The van der Waals surface area contributed by atoms with Gasteiger partial charge in [0.25, 0.3) is 0 Å². The number of sulfone groups is 1. The van der Waals surface area contributed by atoms with Crippen molar-refractivity contribution in [3.63, 3.8) is 0 Å². The molecule has 9 nitrogen and oxygen atoms in total. The van der Waals surface area contributed by atoms with Crippen LogP contribution in [0.2, 0.25) is 0 Å². The number of rotatable bonds is 7. The van der Waals surface area contributed by atoms with E-state index in [2.05, 4.69) is 10.0 Å². The Bertz CT molecular complexity index is 907. The van der Waals surface area contributed by atoms with Crippen molar-refractivity contribution in [3.8, 4) is 0 Å². The molecule has 0 saturated heterocycles. The molecule has 0 aliphatic heterocycles. The van der Waals surface area contributed by atoms with Crippen molar-refractivity contribution in [3.05, 3.63) is 40.8 Å². The van der Waals surface area contributed by atoms with Crippen molar-refractivity contribution in [1.29, 1.82) is 0 Å². The van der Waals surface area contributed by atoms with Crippen molar-refractivity contribution < 1.29 is 27.5 Å². The van der Waals surface area contributed by atoms with Crippen LogP contribution in [0.5, 0.6) is 0 Å². The lowest BCUT2D eigenvalue weighted by Gasteiger charge is -2.31. The van der Waals surface area contributed by atoms with Gasteiger partial charge in [0, 0.05) is 10.5 Å². The fourth-order valence-electron chi connectivity index (χ4n) is 4.22. The van der Waals surface area contributed by atoms with Crippen LogP contribution in [0.25, 0.3) is 10.4 Å². The van der Waals surface area contributed by atoms with Crippen LogP contribution in [0.4, 0.5) is 0 Å². The Hall–Kier alpha value is -2.58. The van der Waals surface area contributed by atoms with Crippen LogP contribution in [-0.4, -0.2) is 45.9 Å². The topological polar surface area (TPSA) is 136 Å². The Morgan fingerprint density at radius 1 is 1.17 bits per heavy atom. The summed E-state index contributed by atoms with van der Waals surface area (Å²) in [5, 5.41) is 3.81. The zero-order valence-electron chi connectivity index (χ0n) is 16.9. The molecule has 1 aromatic carbocycles. The molecule has 10 heteroatoms. The molecular formula is C19H25N3O6S. The smallest absolute Gasteiger partial charge is 0.323 e. The first-order valence-corrected chi connectivity index (χ1v) is 10.7. The van der Waals surface area contributed by atoms with Gasteiger partial charge in [-0.25, -0.2) is 8.42 Å². The molecule has 2 unspecified atom stereocenters. The third-order valence-electron chi connectivity index (χ3n) is 5.65. The predicted molar refractivity (Wildman–Crippen MR) is 104 cm³/mol. The summed E-state index contributed by atoms with van der Waals surface area (Å²) in [6.07, 6.45) is -0.110. The normalized spacial score (nSPS) is 21.1. The minimum absolute atomic E-state index is 0.0344. The van der Waals surface area contributed by atoms with Gasteiger partial charge in [0.1, 0.15) is 0 Å². The quantitative estimate of drug-likeness (QED) is 0.217. The maximum atomic E-state index is 13.0. The molecule has 0 bridgehead atoms. The molecule has 0 aromatic heterocycles. The van der Waals surface area contributed by atoms with Gasteiger partial charge in [0.15, 0.2) is 15.3 Å². The number of methoxy groups -OCH3 is 2. The van der Waals surface area contributed by atoms with Gasteiger partial charge in [-0.15, -0.1) is 0 Å². The summed E-state index contributed by atoms with van der Waals surface area (Å²) in [5.74, 6) is -3.06. The number of ether oxygens (including phenoxy) is 2. The average Bonchev–Trinajstić information content (AvgIpc) is 3.08. The molecule has 1 aromatic rings. The maximum Gasteiger partial charge on any atom is 0.323 e. The van der Waals surface area contributed by atoms with E-state index in [1.165, 1.54) is 12.1 Å². The molecule has 1 saturated carbocycles. The molecule has 1 aliphatic carbocycles. The molecule has 0 spiro atoms. The number of azide groups is 1. The van der Waals surface area contributed by atoms with Crippen LogP contribution >= 0.6 is 0 Å². The summed E-state index contributed by atoms with van der Waals surface area (Å²) in [5.41, 5.74) is 6.28. The fraction of sp³-hybridized carbons (Fsp3) is 0.579. The Morgan fingerprint density at radius 2 is 1.72 bits per heavy atom. The van der Waals surface area contributed by atoms with Gasteiger partial charge < -0.3 is 9.47 Å². The van der Waals surface area contributed by atoms with E-state index in [0.717, 1.165) is 14.2 Å². The number of esters is 2. The molecule has 0 N–H and O–H groups in total. The van der Waals surface area contributed by atoms with Crippen molar-refractivity contribution in [2.75, 3.05) is 20.0 Å². The van der Waals surface area contributed by atoms with Gasteiger partial charge in [0.05, 0.1) is 24.9 Å². The molecule has 2 rings (SSSR count). The largest absolute Gasteiger partial charge is 0.468 e. The zero-order chi connectivity index (χ0) is 21.9. The number of benzene rings is 1. The van der Waals surface area contributed by atoms with Gasteiger partial charge >= 0.3 is 11.9 Å². The highest BCUT2D eigenvalue weighted by Crippen LogP contribution is 2.52. The first kappa shape index (κ1) is 22.7. The molecule has 0 heterocycles. The monoisotopic (exact) mass is 423 g/mol. The van der Waals surface area contributed by atoms with Gasteiger partial charge in [-0.2, -0.15) is 0 Å². The van der Waals surface area contributed by atoms with E-state index in [1.807, 2.05) is 0 Å². The third kappa shape index (κ3) is 4.38. The Balaban J connectivity index is 2.53. The van der Waals surface area contributed by atoms with Gasteiger partial charge in [-0.05, 0) is 42.3 Å². The molecule has 1 aliphatic rings. The number of nitrogens with zero attached hydrogens (tertiary/aromatic N) is 3. The first-order chi connectivity index (χ1) is 13.5. The summed E-state index contributed by atoms with van der Waals surface area (Å²) in [6.45, 7) is 3.31. The molecule has 29 heavy (non-hydrogen) atoms. The zero-order valence-corrected chi connectivity index (χ0v) is 17.7. The van der Waals surface area contributed by atoms with Gasteiger partial charge in [-0.1, -0.05) is 37.2 Å². The van der Waals surface area contributed by atoms with Gasteiger partial charge in [0.2, 0.25) is 0 Å². The van der Waals surface area contributed by atoms with Crippen LogP contribution < -0.4 is 0 Å². The standard InChI is InChI=1S/C19H25N3O6S/c1-18(2,21-22-20)15-11-19(16(23)27-3,17(24)28-4)10-13(15)12-29(25,26)14-8-6-5-7-9-14/h5-9,13,15H,10-12H2,1-4H3. The summed E-state index contributed by atoms with van der Waals surface area (Å²) in [4.78, 5) is 28.2. The highest BCUT2D eigenvalue weighted by atomic mass is 32.2. The molecular weight excluding hydrogens is 398 g/mol. The number of hydrogen-bond donors (Lipinski definition) is 0. The van der Waals surface area contributed by atoms with E-state index >= 15 is 0 Å². The number of hydrogen-bond acceptors (Lipinski definition) is 7. The first-order valence-electron chi connectivity index (χ1n) is 9.05. The second kappa shape index (κ2) is 8.42. The number of carbonyl (C=O) groups is 2. The SMILES string of the molecule is COC(=O)C1(C(=O)OC)CC(CS(=O)(=O)c2ccccc2)C(C(C)(C)N=[N+]=[N-])C1. The van der Waals surface area contributed by atoms with Crippen molar-refractivity contribution in [2.45, 2.75) is 37.1 Å². The summed E-state index contributed by atoms with van der Waals surface area (Å²) < 4.78 is 35.6. The van der Waals surface area contributed by atoms with E-state index in [-0.39, 0.29) is 23.5 Å². The lowest BCUT2D eigenvalue weighted by molar-refractivity contribution is -0.169. The second-order valence-corrected chi connectivity index (χ2v) is 9.81. The van der Waals surface area contributed by atoms with E-state index in [0.29, 0.717) is 0 Å². The molecule has 2 atom stereocenters. The Morgan fingerprint density at radius 3 is 2.21 bits per heavy atom. The fourth-order valence-corrected chi connectivity index (χ4v) is 5.90. The van der Waals surface area contributed by atoms with Crippen LogP contribution in [-0.2, 0) is 28.9 Å². The van der Waals surface area contributed by atoms with E-state index in [4.69, 9.17) is 15.0 Å². The highest BCUT2D eigenvalue weighted by Gasteiger charge is 2.60. The van der Waals surface area contributed by atoms with Crippen LogP contribution in [0.1, 0.15) is 26.7 Å². The Labute approximate surface area is 169 Å². The van der Waals surface area contributed by atoms with Crippen LogP contribution in [0.3, 0.4) is 0 Å². The predicted octanol–water partition coefficient (Wildman–Crippen LogP) is 2.91. The Kier molecular flexibility index (Phi) is 6.60. The minimum atomic E-state index is -3.71. The van der Waals surface area contributed by atoms with Crippen LogP contribution in [0.15, 0.2) is 40.3 Å². The third-order valence-corrected chi connectivity index (χ3v) is 7.50. The maximum absolute atomic E-state index is 13.0. The summed E-state index contributed by atoms with van der Waals surface area (Å²) >= 11 is 0. The summed E-state index contributed by atoms with van der Waals surface area (Å²) in [7, 11) is -1.38. The molecule has 1 fully saturated rings. The molecule has 0 radical (unpaired) electrons. The van der Waals surface area contributed by atoms with E-state index in [9.17, 15) is 18.0 Å². The summed E-state index contributed by atoms with van der Waals surface area (Å²) in [6, 6.07) is 7.94. The van der Waals surface area contributed by atoms with Crippen molar-refractivity contribution in [2.24, 2.45) is 22.4 Å². The van der Waals surface area contributed by atoms with Gasteiger partial charge in [-0.3, -0.25) is 9.59 Å². The van der Waals surface area contributed by atoms with E-state index in [1.54, 1.807) is 32.0 Å². The van der Waals surface area contributed by atoms with E-state index < -0.39 is 44.6 Å².